The summed E-state index contributed by atoms with van der Waals surface area (Å²) >= 11 is 0. The molecule has 1 heterocycles. The Hall–Kier alpha value is -3.54. The van der Waals surface area contributed by atoms with E-state index in [9.17, 15) is 4.79 Å². The van der Waals surface area contributed by atoms with Crippen LogP contribution in [0.25, 0.3) is 12.2 Å². The molecule has 1 aliphatic rings. The Labute approximate surface area is 157 Å². The van der Waals surface area contributed by atoms with E-state index in [1.54, 1.807) is 45.6 Å². The Morgan fingerprint density at radius 1 is 0.852 bits per heavy atom. The zero-order chi connectivity index (χ0) is 19.2. The van der Waals surface area contributed by atoms with E-state index in [1.807, 2.05) is 36.4 Å². The van der Waals surface area contributed by atoms with E-state index in [2.05, 4.69) is 4.99 Å². The van der Waals surface area contributed by atoms with Crippen molar-refractivity contribution in [3.8, 4) is 17.2 Å². The van der Waals surface area contributed by atoms with Crippen LogP contribution in [-0.4, -0.2) is 33.2 Å². The molecule has 0 saturated heterocycles. The van der Waals surface area contributed by atoms with E-state index in [0.29, 0.717) is 11.5 Å². The standard InChI is InChI=1S/C21H19NO5/c1-24-16-8-4-14(5-9-16)7-11-20-22-17(21(23)27-20)12-15-6-10-18(25-2)19(13-15)26-3/h4-13H,1-3H3. The van der Waals surface area contributed by atoms with Crippen molar-refractivity contribution in [3.05, 3.63) is 65.4 Å². The van der Waals surface area contributed by atoms with Crippen LogP contribution in [0.2, 0.25) is 0 Å². The number of nitrogens with zero attached hydrogens (tertiary/aromatic N) is 1. The van der Waals surface area contributed by atoms with Crippen LogP contribution in [0.4, 0.5) is 0 Å². The van der Waals surface area contributed by atoms with Gasteiger partial charge in [0.15, 0.2) is 17.2 Å². The Balaban J connectivity index is 1.79. The second-order valence-corrected chi connectivity index (χ2v) is 5.59. The van der Waals surface area contributed by atoms with Crippen LogP contribution >= 0.6 is 0 Å². The molecule has 0 N–H and O–H groups in total. The summed E-state index contributed by atoms with van der Waals surface area (Å²) in [5.41, 5.74) is 1.91. The summed E-state index contributed by atoms with van der Waals surface area (Å²) in [4.78, 5) is 16.3. The van der Waals surface area contributed by atoms with Crippen LogP contribution in [0.15, 0.2) is 59.2 Å². The first kappa shape index (κ1) is 18.3. The van der Waals surface area contributed by atoms with Gasteiger partial charge in [0.25, 0.3) is 0 Å². The van der Waals surface area contributed by atoms with Crippen molar-refractivity contribution >= 4 is 24.0 Å². The smallest absolute Gasteiger partial charge is 0.363 e. The fourth-order valence-corrected chi connectivity index (χ4v) is 2.48. The molecule has 0 amide bonds. The van der Waals surface area contributed by atoms with Crippen molar-refractivity contribution < 1.29 is 23.7 Å². The maximum Gasteiger partial charge on any atom is 0.363 e. The molecular weight excluding hydrogens is 346 g/mol. The molecule has 0 aromatic heterocycles. The monoisotopic (exact) mass is 365 g/mol. The summed E-state index contributed by atoms with van der Waals surface area (Å²) in [6.45, 7) is 0. The van der Waals surface area contributed by atoms with Crippen LogP contribution in [0.3, 0.4) is 0 Å². The average molecular weight is 365 g/mol. The lowest BCUT2D eigenvalue weighted by Crippen LogP contribution is -2.01. The van der Waals surface area contributed by atoms with Gasteiger partial charge in [-0.25, -0.2) is 9.79 Å². The van der Waals surface area contributed by atoms with Gasteiger partial charge < -0.3 is 18.9 Å². The number of carbonyl (C=O) groups excluding carboxylic acids is 1. The number of benzene rings is 2. The SMILES string of the molecule is COc1ccc(C=CC2=NC(=Cc3ccc(OC)c(OC)c3)C(=O)O2)cc1. The predicted octanol–water partition coefficient (Wildman–Crippen LogP) is 3.72. The normalized spacial score (nSPS) is 15.0. The predicted molar refractivity (Wildman–Crippen MR) is 103 cm³/mol. The van der Waals surface area contributed by atoms with Gasteiger partial charge in [-0.3, -0.25) is 0 Å². The quantitative estimate of drug-likeness (QED) is 0.577. The fourth-order valence-electron chi connectivity index (χ4n) is 2.48. The highest BCUT2D eigenvalue weighted by atomic mass is 16.6. The highest BCUT2D eigenvalue weighted by Gasteiger charge is 2.21. The number of esters is 1. The highest BCUT2D eigenvalue weighted by Crippen LogP contribution is 2.29. The molecule has 0 spiro atoms. The van der Waals surface area contributed by atoms with Crippen LogP contribution in [0.1, 0.15) is 11.1 Å². The third-order valence-corrected chi connectivity index (χ3v) is 3.88. The number of hydrogen-bond acceptors (Lipinski definition) is 6. The Kier molecular flexibility index (Phi) is 5.56. The Morgan fingerprint density at radius 3 is 2.22 bits per heavy atom. The molecule has 138 valence electrons. The molecule has 0 radical (unpaired) electrons. The molecule has 0 unspecified atom stereocenters. The number of carbonyl (C=O) groups is 1. The van der Waals surface area contributed by atoms with Gasteiger partial charge in [0, 0.05) is 6.08 Å². The van der Waals surface area contributed by atoms with Crippen LogP contribution in [0.5, 0.6) is 17.2 Å². The van der Waals surface area contributed by atoms with Crippen molar-refractivity contribution in [1.29, 1.82) is 0 Å². The number of ether oxygens (including phenoxy) is 4. The summed E-state index contributed by atoms with van der Waals surface area (Å²) < 4.78 is 20.8. The number of hydrogen-bond donors (Lipinski definition) is 0. The van der Waals surface area contributed by atoms with Crippen LogP contribution in [-0.2, 0) is 9.53 Å². The van der Waals surface area contributed by atoms with Gasteiger partial charge in [0.05, 0.1) is 21.3 Å². The first-order valence-electron chi connectivity index (χ1n) is 8.19. The van der Waals surface area contributed by atoms with E-state index in [-0.39, 0.29) is 11.6 Å². The Bertz CT molecular complexity index is 926. The maximum atomic E-state index is 12.1. The zero-order valence-corrected chi connectivity index (χ0v) is 15.3. The van der Waals surface area contributed by atoms with Crippen molar-refractivity contribution in [2.45, 2.75) is 0 Å². The van der Waals surface area contributed by atoms with Crippen molar-refractivity contribution in [2.24, 2.45) is 4.99 Å². The third-order valence-electron chi connectivity index (χ3n) is 3.88. The molecule has 27 heavy (non-hydrogen) atoms. The van der Waals surface area contributed by atoms with E-state index in [1.165, 1.54) is 0 Å². The lowest BCUT2D eigenvalue weighted by atomic mass is 10.1. The van der Waals surface area contributed by atoms with Gasteiger partial charge in [-0.05, 0) is 47.5 Å². The van der Waals surface area contributed by atoms with Crippen molar-refractivity contribution in [3.63, 3.8) is 0 Å². The zero-order valence-electron chi connectivity index (χ0n) is 15.3. The van der Waals surface area contributed by atoms with E-state index in [0.717, 1.165) is 16.9 Å². The molecular formula is C21H19NO5. The lowest BCUT2D eigenvalue weighted by molar-refractivity contribution is -0.129. The van der Waals surface area contributed by atoms with Gasteiger partial charge in [-0.15, -0.1) is 0 Å². The van der Waals surface area contributed by atoms with Gasteiger partial charge in [0.2, 0.25) is 5.90 Å². The first-order valence-corrected chi connectivity index (χ1v) is 8.19. The van der Waals surface area contributed by atoms with E-state index in [4.69, 9.17) is 18.9 Å². The van der Waals surface area contributed by atoms with Gasteiger partial charge in [-0.2, -0.15) is 0 Å². The van der Waals surface area contributed by atoms with Crippen LogP contribution < -0.4 is 14.2 Å². The summed E-state index contributed by atoms with van der Waals surface area (Å²) in [6, 6.07) is 12.8. The number of aliphatic imine (C=N–C) groups is 1. The summed E-state index contributed by atoms with van der Waals surface area (Å²) in [7, 11) is 4.73. The minimum atomic E-state index is -0.501. The van der Waals surface area contributed by atoms with E-state index >= 15 is 0 Å². The second-order valence-electron chi connectivity index (χ2n) is 5.59. The molecule has 2 aromatic rings. The van der Waals surface area contributed by atoms with Crippen LogP contribution in [0, 0.1) is 0 Å². The Morgan fingerprint density at radius 2 is 1.56 bits per heavy atom. The molecule has 3 rings (SSSR count). The van der Waals surface area contributed by atoms with E-state index < -0.39 is 5.97 Å². The summed E-state index contributed by atoms with van der Waals surface area (Å²) in [5, 5.41) is 0. The highest BCUT2D eigenvalue weighted by molar-refractivity contribution is 6.11. The molecule has 0 fully saturated rings. The van der Waals surface area contributed by atoms with Gasteiger partial charge in [-0.1, -0.05) is 18.2 Å². The minimum Gasteiger partial charge on any atom is -0.497 e. The van der Waals surface area contributed by atoms with Gasteiger partial charge in [0.1, 0.15) is 5.75 Å². The summed E-state index contributed by atoms with van der Waals surface area (Å²) in [5.74, 6) is 1.70. The number of rotatable bonds is 6. The molecule has 0 atom stereocenters. The fraction of sp³-hybridized carbons (Fsp3) is 0.143. The molecule has 0 saturated carbocycles. The number of methoxy groups -OCH3 is 3. The van der Waals surface area contributed by atoms with Gasteiger partial charge >= 0.3 is 5.97 Å². The molecule has 6 nitrogen and oxygen atoms in total. The maximum absolute atomic E-state index is 12.1. The molecule has 2 aromatic carbocycles. The third kappa shape index (κ3) is 4.36. The second kappa shape index (κ2) is 8.23. The molecule has 1 aliphatic heterocycles. The van der Waals surface area contributed by atoms with Crippen molar-refractivity contribution in [2.75, 3.05) is 21.3 Å². The average Bonchev–Trinajstić information content (AvgIpc) is 3.06. The molecule has 6 heteroatoms. The summed E-state index contributed by atoms with van der Waals surface area (Å²) in [6.07, 6.45) is 5.10. The largest absolute Gasteiger partial charge is 0.497 e. The number of cyclic esters (lactones) is 1. The lowest BCUT2D eigenvalue weighted by Gasteiger charge is -2.07. The molecule has 0 bridgehead atoms. The minimum absolute atomic E-state index is 0.219. The first-order chi connectivity index (χ1) is 13.1. The molecule has 0 aliphatic carbocycles. The van der Waals surface area contributed by atoms with Crippen molar-refractivity contribution in [1.82, 2.24) is 0 Å². The topological polar surface area (TPSA) is 66.3 Å².